The quantitative estimate of drug-likeness (QED) is 0.716. The Labute approximate surface area is 173 Å². The van der Waals surface area contributed by atoms with E-state index in [4.69, 9.17) is 4.74 Å². The Morgan fingerprint density at radius 1 is 1.10 bits per heavy atom. The minimum Gasteiger partial charge on any atom is -0.480 e. The van der Waals surface area contributed by atoms with Crippen molar-refractivity contribution in [2.24, 2.45) is 5.92 Å². The van der Waals surface area contributed by atoms with Crippen molar-refractivity contribution in [1.29, 1.82) is 0 Å². The first-order chi connectivity index (χ1) is 14.0. The van der Waals surface area contributed by atoms with Crippen molar-refractivity contribution in [3.8, 4) is 5.75 Å². The normalized spacial score (nSPS) is 15.0. The van der Waals surface area contributed by atoms with E-state index in [1.807, 2.05) is 36.1 Å². The predicted octanol–water partition coefficient (Wildman–Crippen LogP) is 4.53. The first kappa shape index (κ1) is 20.9. The third-order valence-electron chi connectivity index (χ3n) is 5.62. The molecule has 0 fully saturated rings. The lowest BCUT2D eigenvalue weighted by Gasteiger charge is -2.25. The topological polar surface area (TPSA) is 58.6 Å². The number of para-hydroxylation sites is 1. The number of rotatable bonds is 8. The lowest BCUT2D eigenvalue weighted by molar-refractivity contribution is -0.122. The molecule has 0 bridgehead atoms. The van der Waals surface area contributed by atoms with Gasteiger partial charge in [0.25, 0.3) is 11.8 Å². The Hall–Kier alpha value is -2.82. The SMILES string of the molecule is CCC(CC)CN(CC)C(=O)c1cccc(NC(=O)C2Cc3ccccc3O2)c1. The number of carbonyl (C=O) groups is 2. The van der Waals surface area contributed by atoms with Gasteiger partial charge in [-0.25, -0.2) is 0 Å². The molecule has 1 aliphatic rings. The maximum atomic E-state index is 13.0. The van der Waals surface area contributed by atoms with Crippen molar-refractivity contribution >= 4 is 17.5 Å². The van der Waals surface area contributed by atoms with Crippen molar-refractivity contribution in [2.75, 3.05) is 18.4 Å². The highest BCUT2D eigenvalue weighted by Gasteiger charge is 2.29. The molecule has 2 aromatic carbocycles. The summed E-state index contributed by atoms with van der Waals surface area (Å²) in [5.74, 6) is 1.06. The number of carbonyl (C=O) groups excluding carboxylic acids is 2. The van der Waals surface area contributed by atoms with Gasteiger partial charge in [0.05, 0.1) is 0 Å². The molecule has 2 aromatic rings. The van der Waals surface area contributed by atoms with Crippen molar-refractivity contribution in [1.82, 2.24) is 4.90 Å². The zero-order valence-electron chi connectivity index (χ0n) is 17.5. The molecule has 0 aliphatic carbocycles. The summed E-state index contributed by atoms with van der Waals surface area (Å²) in [5.41, 5.74) is 2.24. The highest BCUT2D eigenvalue weighted by atomic mass is 16.5. The summed E-state index contributed by atoms with van der Waals surface area (Å²) in [7, 11) is 0. The van der Waals surface area contributed by atoms with Gasteiger partial charge in [-0.2, -0.15) is 0 Å². The number of hydrogen-bond acceptors (Lipinski definition) is 3. The van der Waals surface area contributed by atoms with Crippen LogP contribution in [0, 0.1) is 5.92 Å². The smallest absolute Gasteiger partial charge is 0.265 e. The molecule has 5 heteroatoms. The van der Waals surface area contributed by atoms with E-state index < -0.39 is 6.10 Å². The number of benzene rings is 2. The molecule has 0 saturated carbocycles. The summed E-state index contributed by atoms with van der Waals surface area (Å²) in [4.78, 5) is 27.5. The molecule has 0 radical (unpaired) electrons. The number of anilines is 1. The number of amides is 2. The lowest BCUT2D eigenvalue weighted by atomic mass is 10.0. The zero-order valence-corrected chi connectivity index (χ0v) is 17.5. The second-order valence-electron chi connectivity index (χ2n) is 7.51. The van der Waals surface area contributed by atoms with Crippen LogP contribution in [-0.4, -0.2) is 35.9 Å². The van der Waals surface area contributed by atoms with E-state index in [0.717, 1.165) is 30.7 Å². The average Bonchev–Trinajstić information content (AvgIpc) is 3.19. The molecule has 1 unspecified atom stereocenters. The molecule has 154 valence electrons. The Kier molecular flexibility index (Phi) is 6.91. The summed E-state index contributed by atoms with van der Waals surface area (Å²) in [6.45, 7) is 7.74. The van der Waals surface area contributed by atoms with Crippen molar-refractivity contribution < 1.29 is 14.3 Å². The zero-order chi connectivity index (χ0) is 20.8. The van der Waals surface area contributed by atoms with Crippen molar-refractivity contribution in [2.45, 2.75) is 46.1 Å². The van der Waals surface area contributed by atoms with E-state index in [1.54, 1.807) is 24.3 Å². The van der Waals surface area contributed by atoms with Gasteiger partial charge in [-0.3, -0.25) is 9.59 Å². The molecule has 1 atom stereocenters. The van der Waals surface area contributed by atoms with E-state index in [9.17, 15) is 9.59 Å². The second-order valence-corrected chi connectivity index (χ2v) is 7.51. The first-order valence-corrected chi connectivity index (χ1v) is 10.5. The van der Waals surface area contributed by atoms with Crippen LogP contribution in [0.5, 0.6) is 5.75 Å². The fourth-order valence-corrected chi connectivity index (χ4v) is 3.68. The van der Waals surface area contributed by atoms with Gasteiger partial charge in [-0.1, -0.05) is 51.0 Å². The Morgan fingerprint density at radius 3 is 2.55 bits per heavy atom. The molecular formula is C24H30N2O3. The van der Waals surface area contributed by atoms with Gasteiger partial charge in [0.1, 0.15) is 5.75 Å². The Balaban J connectivity index is 1.66. The predicted molar refractivity (Wildman–Crippen MR) is 115 cm³/mol. The second kappa shape index (κ2) is 9.59. The van der Waals surface area contributed by atoms with Gasteiger partial charge >= 0.3 is 0 Å². The Bertz CT molecular complexity index is 836. The number of fused-ring (bicyclic) bond motifs is 1. The van der Waals surface area contributed by atoms with Crippen LogP contribution in [0.25, 0.3) is 0 Å². The fourth-order valence-electron chi connectivity index (χ4n) is 3.68. The van der Waals surface area contributed by atoms with Gasteiger partial charge in [-0.05, 0) is 42.7 Å². The van der Waals surface area contributed by atoms with Crippen molar-refractivity contribution in [3.05, 3.63) is 59.7 Å². The van der Waals surface area contributed by atoms with Crippen LogP contribution in [0.4, 0.5) is 5.69 Å². The van der Waals surface area contributed by atoms with Gasteiger partial charge in [-0.15, -0.1) is 0 Å². The molecule has 1 heterocycles. The lowest BCUT2D eigenvalue weighted by Crippen LogP contribution is -2.35. The molecule has 0 spiro atoms. The van der Waals surface area contributed by atoms with E-state index in [-0.39, 0.29) is 11.8 Å². The van der Waals surface area contributed by atoms with Crippen LogP contribution in [0.1, 0.15) is 49.5 Å². The summed E-state index contributed by atoms with van der Waals surface area (Å²) < 4.78 is 5.76. The standard InChI is InChI=1S/C24H30N2O3/c1-4-17(5-2)16-26(6-3)24(28)19-11-9-12-20(14-19)25-23(27)22-15-18-10-7-8-13-21(18)29-22/h7-14,17,22H,4-6,15-16H2,1-3H3,(H,25,27). The number of nitrogens with zero attached hydrogens (tertiary/aromatic N) is 1. The van der Waals surface area contributed by atoms with Gasteiger partial charge in [0.15, 0.2) is 6.10 Å². The van der Waals surface area contributed by atoms with Gasteiger partial charge in [0.2, 0.25) is 0 Å². The van der Waals surface area contributed by atoms with E-state index in [0.29, 0.717) is 30.1 Å². The number of hydrogen-bond donors (Lipinski definition) is 1. The third-order valence-corrected chi connectivity index (χ3v) is 5.62. The molecule has 2 amide bonds. The molecule has 1 aliphatic heterocycles. The van der Waals surface area contributed by atoms with Crippen LogP contribution in [-0.2, 0) is 11.2 Å². The molecular weight excluding hydrogens is 364 g/mol. The van der Waals surface area contributed by atoms with E-state index in [1.165, 1.54) is 0 Å². The average molecular weight is 395 g/mol. The largest absolute Gasteiger partial charge is 0.480 e. The van der Waals surface area contributed by atoms with Crippen LogP contribution in [0.2, 0.25) is 0 Å². The monoisotopic (exact) mass is 394 g/mol. The molecule has 0 saturated heterocycles. The maximum absolute atomic E-state index is 13.0. The van der Waals surface area contributed by atoms with Gasteiger partial charge in [0, 0.05) is 30.8 Å². The van der Waals surface area contributed by atoms with Crippen LogP contribution >= 0.6 is 0 Å². The fraction of sp³-hybridized carbons (Fsp3) is 0.417. The summed E-state index contributed by atoms with van der Waals surface area (Å²) in [6.07, 6.45) is 2.12. The Morgan fingerprint density at radius 2 is 1.86 bits per heavy atom. The van der Waals surface area contributed by atoms with Crippen LogP contribution < -0.4 is 10.1 Å². The van der Waals surface area contributed by atoms with Crippen LogP contribution in [0.15, 0.2) is 48.5 Å². The molecule has 5 nitrogen and oxygen atoms in total. The molecule has 1 N–H and O–H groups in total. The van der Waals surface area contributed by atoms with E-state index >= 15 is 0 Å². The molecule has 29 heavy (non-hydrogen) atoms. The summed E-state index contributed by atoms with van der Waals surface area (Å²) in [5, 5.41) is 2.90. The number of nitrogens with one attached hydrogen (secondary N) is 1. The summed E-state index contributed by atoms with van der Waals surface area (Å²) in [6, 6.07) is 14.8. The van der Waals surface area contributed by atoms with Gasteiger partial charge < -0.3 is 15.0 Å². The highest BCUT2D eigenvalue weighted by Crippen LogP contribution is 2.28. The number of ether oxygens (including phenoxy) is 1. The first-order valence-electron chi connectivity index (χ1n) is 10.5. The van der Waals surface area contributed by atoms with Crippen molar-refractivity contribution in [3.63, 3.8) is 0 Å². The van der Waals surface area contributed by atoms with E-state index in [2.05, 4.69) is 19.2 Å². The minimum absolute atomic E-state index is 0.0000190. The minimum atomic E-state index is -0.547. The van der Waals surface area contributed by atoms with Crippen LogP contribution in [0.3, 0.4) is 0 Å². The third kappa shape index (κ3) is 4.97. The summed E-state index contributed by atoms with van der Waals surface area (Å²) >= 11 is 0. The molecule has 0 aromatic heterocycles. The maximum Gasteiger partial charge on any atom is 0.265 e. The molecule has 3 rings (SSSR count). The highest BCUT2D eigenvalue weighted by molar-refractivity contribution is 5.98.